The molecule has 1 aliphatic heterocycles. The minimum absolute atomic E-state index is 0.00750. The number of nitrogens with one attached hydrogen (secondary N) is 1. The molecule has 0 fully saturated rings. The molecule has 0 spiro atoms. The van der Waals surface area contributed by atoms with Gasteiger partial charge in [0.1, 0.15) is 4.75 Å². The topological polar surface area (TPSA) is 29.1 Å². The highest BCUT2D eigenvalue weighted by Crippen LogP contribution is 2.47. The fourth-order valence-corrected chi connectivity index (χ4v) is 2.74. The van der Waals surface area contributed by atoms with Crippen molar-refractivity contribution in [1.82, 2.24) is 0 Å². The van der Waals surface area contributed by atoms with E-state index in [0.29, 0.717) is 5.02 Å². The minimum Gasteiger partial charge on any atom is -0.324 e. The summed E-state index contributed by atoms with van der Waals surface area (Å²) in [5.41, 5.74) is 1.73. The van der Waals surface area contributed by atoms with Crippen LogP contribution in [0.1, 0.15) is 12.5 Å². The summed E-state index contributed by atoms with van der Waals surface area (Å²) in [6, 6.07) is 5.53. The van der Waals surface area contributed by atoms with Crippen LogP contribution >= 0.6 is 23.4 Å². The van der Waals surface area contributed by atoms with E-state index in [4.69, 9.17) is 11.6 Å². The summed E-state index contributed by atoms with van der Waals surface area (Å²) in [7, 11) is 0. The van der Waals surface area contributed by atoms with Crippen LogP contribution in [0.25, 0.3) is 0 Å². The van der Waals surface area contributed by atoms with E-state index in [1.54, 1.807) is 0 Å². The lowest BCUT2D eigenvalue weighted by atomic mass is 10.0. The van der Waals surface area contributed by atoms with Crippen molar-refractivity contribution in [3.8, 4) is 0 Å². The molecule has 0 saturated carbocycles. The van der Waals surface area contributed by atoms with Crippen LogP contribution in [0.3, 0.4) is 0 Å². The van der Waals surface area contributed by atoms with Gasteiger partial charge in [-0.1, -0.05) is 17.7 Å². The molecule has 2 rings (SSSR count). The molecule has 0 bridgehead atoms. The van der Waals surface area contributed by atoms with Gasteiger partial charge in [0.2, 0.25) is 5.91 Å². The summed E-state index contributed by atoms with van der Waals surface area (Å²) in [5, 5.41) is 3.49. The van der Waals surface area contributed by atoms with Gasteiger partial charge in [0, 0.05) is 16.3 Å². The number of thioether (sulfide) groups is 1. The zero-order valence-corrected chi connectivity index (χ0v) is 9.50. The third-order valence-electron chi connectivity index (χ3n) is 2.58. The van der Waals surface area contributed by atoms with Gasteiger partial charge in [0.05, 0.1) is 0 Å². The van der Waals surface area contributed by atoms with E-state index < -0.39 is 4.75 Å². The Balaban J connectivity index is 2.67. The lowest BCUT2D eigenvalue weighted by molar-refractivity contribution is -0.117. The van der Waals surface area contributed by atoms with Gasteiger partial charge >= 0.3 is 0 Å². The molecular formula is C10H10ClNOS. The number of fused-ring (bicyclic) bond motifs is 1. The first-order valence-corrected chi connectivity index (χ1v) is 5.85. The molecule has 0 saturated heterocycles. The summed E-state index contributed by atoms with van der Waals surface area (Å²) in [5.74, 6) is 0.00750. The molecule has 14 heavy (non-hydrogen) atoms. The van der Waals surface area contributed by atoms with Crippen molar-refractivity contribution in [2.75, 3.05) is 11.6 Å². The van der Waals surface area contributed by atoms with Crippen LogP contribution in [-0.4, -0.2) is 12.2 Å². The van der Waals surface area contributed by atoms with Crippen LogP contribution in [0, 0.1) is 0 Å². The van der Waals surface area contributed by atoms with E-state index in [1.165, 1.54) is 11.8 Å². The van der Waals surface area contributed by atoms with Gasteiger partial charge in [-0.25, -0.2) is 0 Å². The van der Waals surface area contributed by atoms with E-state index in [0.717, 1.165) is 11.3 Å². The van der Waals surface area contributed by atoms with Gasteiger partial charge in [0.15, 0.2) is 0 Å². The summed E-state index contributed by atoms with van der Waals surface area (Å²) in [6.45, 7) is 1.89. The van der Waals surface area contributed by atoms with E-state index in [9.17, 15) is 4.79 Å². The molecule has 1 atom stereocenters. The van der Waals surface area contributed by atoms with Crippen LogP contribution in [-0.2, 0) is 9.54 Å². The average Bonchev–Trinajstić information content (AvgIpc) is 2.41. The van der Waals surface area contributed by atoms with Crippen LogP contribution in [0.4, 0.5) is 5.69 Å². The lowest BCUT2D eigenvalue weighted by Crippen LogP contribution is -2.26. The Morgan fingerprint density at radius 1 is 1.50 bits per heavy atom. The van der Waals surface area contributed by atoms with E-state index in [2.05, 4.69) is 5.32 Å². The van der Waals surface area contributed by atoms with Gasteiger partial charge in [-0.05, 0) is 25.3 Å². The molecule has 2 nitrogen and oxygen atoms in total. The summed E-state index contributed by atoms with van der Waals surface area (Å²) >= 11 is 7.60. The number of amides is 1. The normalized spacial score (nSPS) is 24.6. The monoisotopic (exact) mass is 227 g/mol. The van der Waals surface area contributed by atoms with Crippen LogP contribution in [0.15, 0.2) is 18.2 Å². The quantitative estimate of drug-likeness (QED) is 0.800. The van der Waals surface area contributed by atoms with Crippen LogP contribution < -0.4 is 5.32 Å². The number of carbonyl (C=O) groups is 1. The number of hydrogen-bond acceptors (Lipinski definition) is 2. The van der Waals surface area contributed by atoms with Crippen LogP contribution in [0.2, 0.25) is 5.02 Å². The van der Waals surface area contributed by atoms with Crippen molar-refractivity contribution < 1.29 is 4.79 Å². The van der Waals surface area contributed by atoms with E-state index >= 15 is 0 Å². The molecule has 74 valence electrons. The smallest absolute Gasteiger partial charge is 0.244 e. The number of rotatable bonds is 1. The summed E-state index contributed by atoms with van der Waals surface area (Å²) in [4.78, 5) is 11.7. The van der Waals surface area contributed by atoms with Gasteiger partial charge in [0.25, 0.3) is 0 Å². The lowest BCUT2D eigenvalue weighted by Gasteiger charge is -2.19. The van der Waals surface area contributed by atoms with Crippen molar-refractivity contribution in [2.24, 2.45) is 0 Å². The highest BCUT2D eigenvalue weighted by Gasteiger charge is 2.43. The second kappa shape index (κ2) is 3.17. The molecule has 1 N–H and O–H groups in total. The molecule has 4 heteroatoms. The Bertz CT molecular complexity index is 407. The Hall–Kier alpha value is -0.670. The highest BCUT2D eigenvalue weighted by atomic mass is 35.5. The predicted octanol–water partition coefficient (Wildman–Crippen LogP) is 2.87. The van der Waals surface area contributed by atoms with E-state index in [1.807, 2.05) is 31.4 Å². The predicted molar refractivity (Wildman–Crippen MR) is 60.9 cm³/mol. The number of hydrogen-bond donors (Lipinski definition) is 1. The third kappa shape index (κ3) is 1.16. The molecule has 1 aromatic carbocycles. The van der Waals surface area contributed by atoms with Crippen molar-refractivity contribution >= 4 is 35.0 Å². The molecule has 1 amide bonds. The van der Waals surface area contributed by atoms with Crippen molar-refractivity contribution in [2.45, 2.75) is 11.7 Å². The molecule has 0 aliphatic carbocycles. The average molecular weight is 228 g/mol. The SMILES string of the molecule is CSC1(C)C(=O)Nc2cccc(Cl)c21. The first kappa shape index (κ1) is 9.87. The second-order valence-corrected chi connectivity index (χ2v) is 4.99. The zero-order chi connectivity index (χ0) is 10.3. The Morgan fingerprint density at radius 2 is 2.21 bits per heavy atom. The maximum atomic E-state index is 11.7. The zero-order valence-electron chi connectivity index (χ0n) is 7.93. The molecule has 0 aromatic heterocycles. The number of carbonyl (C=O) groups excluding carboxylic acids is 1. The molecule has 1 heterocycles. The number of anilines is 1. The molecule has 0 radical (unpaired) electrons. The largest absolute Gasteiger partial charge is 0.324 e. The van der Waals surface area contributed by atoms with Crippen LogP contribution in [0.5, 0.6) is 0 Å². The maximum absolute atomic E-state index is 11.7. The molecule has 1 unspecified atom stereocenters. The molecule has 1 aromatic rings. The summed E-state index contributed by atoms with van der Waals surface area (Å²) in [6.07, 6.45) is 1.91. The van der Waals surface area contributed by atoms with E-state index in [-0.39, 0.29) is 5.91 Å². The fourth-order valence-electron chi connectivity index (χ4n) is 1.66. The van der Waals surface area contributed by atoms with Crippen molar-refractivity contribution in [1.29, 1.82) is 0 Å². The second-order valence-electron chi connectivity index (χ2n) is 3.35. The Kier molecular flexibility index (Phi) is 2.24. The van der Waals surface area contributed by atoms with Gasteiger partial charge in [-0.15, -0.1) is 11.8 Å². The Labute approximate surface area is 92.0 Å². The molecule has 1 aliphatic rings. The minimum atomic E-state index is -0.548. The van der Waals surface area contributed by atoms with Crippen molar-refractivity contribution in [3.05, 3.63) is 28.8 Å². The third-order valence-corrected chi connectivity index (χ3v) is 4.10. The molecular weight excluding hydrogens is 218 g/mol. The standard InChI is InChI=1S/C10H10ClNOS/c1-10(14-2)8-6(11)4-3-5-7(8)12-9(10)13/h3-5H,1-2H3,(H,12,13). The Morgan fingerprint density at radius 3 is 2.86 bits per heavy atom. The fraction of sp³-hybridized carbons (Fsp3) is 0.300. The van der Waals surface area contributed by atoms with Gasteiger partial charge in [-0.3, -0.25) is 4.79 Å². The van der Waals surface area contributed by atoms with Gasteiger partial charge < -0.3 is 5.32 Å². The first-order valence-electron chi connectivity index (χ1n) is 4.25. The van der Waals surface area contributed by atoms with Gasteiger partial charge in [-0.2, -0.15) is 0 Å². The van der Waals surface area contributed by atoms with Crippen molar-refractivity contribution in [3.63, 3.8) is 0 Å². The number of halogens is 1. The number of benzene rings is 1. The first-order chi connectivity index (χ1) is 6.59. The maximum Gasteiger partial charge on any atom is 0.244 e. The summed E-state index contributed by atoms with van der Waals surface area (Å²) < 4.78 is -0.548. The highest BCUT2D eigenvalue weighted by molar-refractivity contribution is 8.00.